The Kier molecular flexibility index (Phi) is 7.89. The molecule has 0 amide bonds. The highest BCUT2D eigenvalue weighted by atomic mass is 32.1. The summed E-state index contributed by atoms with van der Waals surface area (Å²) in [6.07, 6.45) is 0. The van der Waals surface area contributed by atoms with E-state index in [4.69, 9.17) is 0 Å². The van der Waals surface area contributed by atoms with E-state index in [9.17, 15) is 0 Å². The SMILES string of the molecule is CN=C(NCc1nc(C(C)C)cs1)NCC(C)N1CCN(c2ccccc2)CC1. The molecule has 7 heteroatoms. The zero-order chi connectivity index (χ0) is 20.6. The fourth-order valence-electron chi connectivity index (χ4n) is 3.48. The summed E-state index contributed by atoms with van der Waals surface area (Å²) in [7, 11) is 1.82. The lowest BCUT2D eigenvalue weighted by Crippen LogP contribution is -2.53. The van der Waals surface area contributed by atoms with Gasteiger partial charge in [0.25, 0.3) is 0 Å². The predicted octanol–water partition coefficient (Wildman–Crippen LogP) is 3.14. The van der Waals surface area contributed by atoms with Gasteiger partial charge in [-0.1, -0.05) is 32.0 Å². The van der Waals surface area contributed by atoms with Crippen LogP contribution in [0.15, 0.2) is 40.7 Å². The molecule has 1 aromatic heterocycles. The average Bonchev–Trinajstić information content (AvgIpc) is 3.24. The van der Waals surface area contributed by atoms with E-state index >= 15 is 0 Å². The maximum absolute atomic E-state index is 4.68. The van der Waals surface area contributed by atoms with Gasteiger partial charge in [-0.05, 0) is 25.0 Å². The summed E-state index contributed by atoms with van der Waals surface area (Å²) in [6, 6.07) is 11.2. The molecule has 1 atom stereocenters. The van der Waals surface area contributed by atoms with Gasteiger partial charge >= 0.3 is 0 Å². The molecule has 1 saturated heterocycles. The summed E-state index contributed by atoms with van der Waals surface area (Å²) >= 11 is 1.71. The van der Waals surface area contributed by atoms with Gasteiger partial charge in [0.15, 0.2) is 5.96 Å². The standard InChI is InChI=1S/C22H34N6S/c1-17(2)20-16-29-21(26-20)15-25-22(23-4)24-14-18(3)27-10-12-28(13-11-27)19-8-6-5-7-9-19/h5-9,16-18H,10-15H2,1-4H3,(H2,23,24,25). The first-order chi connectivity index (χ1) is 14.1. The third-order valence-electron chi connectivity index (χ3n) is 5.42. The van der Waals surface area contributed by atoms with Gasteiger partial charge in [-0.3, -0.25) is 9.89 Å². The quantitative estimate of drug-likeness (QED) is 0.538. The van der Waals surface area contributed by atoms with Gasteiger partial charge in [-0.2, -0.15) is 0 Å². The van der Waals surface area contributed by atoms with E-state index in [0.29, 0.717) is 18.5 Å². The number of guanidine groups is 1. The number of nitrogens with one attached hydrogen (secondary N) is 2. The van der Waals surface area contributed by atoms with Gasteiger partial charge in [-0.25, -0.2) is 4.98 Å². The van der Waals surface area contributed by atoms with Crippen LogP contribution in [-0.2, 0) is 6.54 Å². The number of aromatic nitrogens is 1. The van der Waals surface area contributed by atoms with E-state index in [-0.39, 0.29) is 0 Å². The van der Waals surface area contributed by atoms with Crippen LogP contribution < -0.4 is 15.5 Å². The number of piperazine rings is 1. The zero-order valence-electron chi connectivity index (χ0n) is 18.1. The van der Waals surface area contributed by atoms with Crippen LogP contribution in [0.4, 0.5) is 5.69 Å². The minimum atomic E-state index is 0.457. The summed E-state index contributed by atoms with van der Waals surface area (Å²) in [5.74, 6) is 1.31. The molecule has 1 fully saturated rings. The summed E-state index contributed by atoms with van der Waals surface area (Å²) in [5.41, 5.74) is 2.49. The Morgan fingerprint density at radius 2 is 1.83 bits per heavy atom. The minimum Gasteiger partial charge on any atom is -0.369 e. The van der Waals surface area contributed by atoms with E-state index in [1.807, 2.05) is 7.05 Å². The number of rotatable bonds is 7. The van der Waals surface area contributed by atoms with Gasteiger partial charge in [0.05, 0.1) is 12.2 Å². The largest absolute Gasteiger partial charge is 0.369 e. The van der Waals surface area contributed by atoms with Crippen molar-refractivity contribution in [2.75, 3.05) is 44.7 Å². The van der Waals surface area contributed by atoms with Crippen molar-refractivity contribution < 1.29 is 0 Å². The van der Waals surface area contributed by atoms with Crippen molar-refractivity contribution in [2.24, 2.45) is 4.99 Å². The molecule has 1 aliphatic rings. The first-order valence-electron chi connectivity index (χ1n) is 10.5. The van der Waals surface area contributed by atoms with E-state index in [2.05, 4.69) is 86.9 Å². The van der Waals surface area contributed by atoms with Gasteiger partial charge in [0.2, 0.25) is 0 Å². The van der Waals surface area contributed by atoms with E-state index < -0.39 is 0 Å². The van der Waals surface area contributed by atoms with E-state index in [1.165, 1.54) is 5.69 Å². The lowest BCUT2D eigenvalue weighted by Gasteiger charge is -2.39. The maximum Gasteiger partial charge on any atom is 0.191 e. The van der Waals surface area contributed by atoms with Crippen LogP contribution in [-0.4, -0.2) is 61.7 Å². The fourth-order valence-corrected chi connectivity index (χ4v) is 4.38. The van der Waals surface area contributed by atoms with Gasteiger partial charge in [0, 0.05) is 56.9 Å². The Morgan fingerprint density at radius 1 is 1.10 bits per heavy atom. The average molecular weight is 415 g/mol. The molecule has 1 aliphatic heterocycles. The lowest BCUT2D eigenvalue weighted by atomic mass is 10.2. The Labute approximate surface area is 179 Å². The maximum atomic E-state index is 4.68. The molecule has 0 spiro atoms. The van der Waals surface area contributed by atoms with Crippen LogP contribution in [0.2, 0.25) is 0 Å². The molecule has 2 N–H and O–H groups in total. The second-order valence-corrected chi connectivity index (χ2v) is 8.78. The number of anilines is 1. The van der Waals surface area contributed by atoms with E-state index in [1.54, 1.807) is 11.3 Å². The van der Waals surface area contributed by atoms with Crippen molar-refractivity contribution in [2.45, 2.75) is 39.3 Å². The van der Waals surface area contributed by atoms with Crippen LogP contribution in [0.1, 0.15) is 37.4 Å². The van der Waals surface area contributed by atoms with Crippen molar-refractivity contribution in [1.82, 2.24) is 20.5 Å². The summed E-state index contributed by atoms with van der Waals surface area (Å²) in [4.78, 5) is 14.1. The van der Waals surface area contributed by atoms with Gasteiger partial charge < -0.3 is 15.5 Å². The number of thiazole rings is 1. The first kappa shape index (κ1) is 21.6. The Hall–Kier alpha value is -2.12. The molecule has 6 nitrogen and oxygen atoms in total. The minimum absolute atomic E-state index is 0.457. The monoisotopic (exact) mass is 414 g/mol. The molecule has 2 aromatic rings. The first-order valence-corrected chi connectivity index (χ1v) is 11.4. The van der Waals surface area contributed by atoms with Crippen LogP contribution in [0.25, 0.3) is 0 Å². The molecule has 0 saturated carbocycles. The molecule has 1 unspecified atom stereocenters. The summed E-state index contributed by atoms with van der Waals surface area (Å²) in [6.45, 7) is 12.5. The molecule has 0 bridgehead atoms. The number of para-hydroxylation sites is 1. The van der Waals surface area contributed by atoms with Crippen LogP contribution >= 0.6 is 11.3 Å². The summed E-state index contributed by atoms with van der Waals surface area (Å²) in [5, 5.41) is 10.1. The topological polar surface area (TPSA) is 55.8 Å². The molecule has 2 heterocycles. The third kappa shape index (κ3) is 6.18. The number of aliphatic imine (C=N–C) groups is 1. The molecular weight excluding hydrogens is 380 g/mol. The molecule has 3 rings (SSSR count). The molecular formula is C22H34N6S. The molecule has 0 aliphatic carbocycles. The predicted molar refractivity (Wildman–Crippen MR) is 124 cm³/mol. The number of nitrogens with zero attached hydrogens (tertiary/aromatic N) is 4. The van der Waals surface area contributed by atoms with Gasteiger partial charge in [-0.15, -0.1) is 11.3 Å². The molecule has 158 valence electrons. The Bertz CT molecular complexity index is 765. The van der Waals surface area contributed by atoms with E-state index in [0.717, 1.165) is 49.4 Å². The molecule has 1 aromatic carbocycles. The highest BCUT2D eigenvalue weighted by Gasteiger charge is 2.21. The van der Waals surface area contributed by atoms with Crippen LogP contribution in [0.5, 0.6) is 0 Å². The molecule has 0 radical (unpaired) electrons. The summed E-state index contributed by atoms with van der Waals surface area (Å²) < 4.78 is 0. The second kappa shape index (κ2) is 10.6. The number of hydrogen-bond donors (Lipinski definition) is 2. The smallest absolute Gasteiger partial charge is 0.191 e. The highest BCUT2D eigenvalue weighted by Crippen LogP contribution is 2.18. The fraction of sp³-hybridized carbons (Fsp3) is 0.545. The van der Waals surface area contributed by atoms with Crippen molar-refractivity contribution in [3.63, 3.8) is 0 Å². The van der Waals surface area contributed by atoms with Crippen LogP contribution in [0.3, 0.4) is 0 Å². The Morgan fingerprint density at radius 3 is 2.45 bits per heavy atom. The molecule has 29 heavy (non-hydrogen) atoms. The van der Waals surface area contributed by atoms with Crippen molar-refractivity contribution in [1.29, 1.82) is 0 Å². The number of benzene rings is 1. The lowest BCUT2D eigenvalue weighted by molar-refractivity contribution is 0.197. The van der Waals surface area contributed by atoms with Crippen molar-refractivity contribution in [3.05, 3.63) is 46.4 Å². The zero-order valence-corrected chi connectivity index (χ0v) is 18.9. The normalized spacial score (nSPS) is 16.9. The third-order valence-corrected chi connectivity index (χ3v) is 6.28. The number of hydrogen-bond acceptors (Lipinski definition) is 5. The Balaban J connectivity index is 1.40. The van der Waals surface area contributed by atoms with Crippen molar-refractivity contribution >= 4 is 23.0 Å². The second-order valence-electron chi connectivity index (χ2n) is 7.84. The van der Waals surface area contributed by atoms with Gasteiger partial charge in [0.1, 0.15) is 5.01 Å². The highest BCUT2D eigenvalue weighted by molar-refractivity contribution is 7.09. The van der Waals surface area contributed by atoms with Crippen molar-refractivity contribution in [3.8, 4) is 0 Å². The van der Waals surface area contributed by atoms with Crippen LogP contribution in [0, 0.1) is 0 Å².